The molecule has 1 saturated heterocycles. The minimum absolute atomic E-state index is 0.260. The van der Waals surface area contributed by atoms with E-state index in [1.54, 1.807) is 0 Å². The summed E-state index contributed by atoms with van der Waals surface area (Å²) in [7, 11) is 0. The van der Waals surface area contributed by atoms with Crippen LogP contribution in [0.2, 0.25) is 5.02 Å². The minimum atomic E-state index is -0.413. The highest BCUT2D eigenvalue weighted by molar-refractivity contribution is 6.30. The number of hydrogen-bond acceptors (Lipinski definition) is 3. The summed E-state index contributed by atoms with van der Waals surface area (Å²) in [6.07, 6.45) is 3.72. The fraction of sp³-hybridized carbons (Fsp3) is 0.583. The first kappa shape index (κ1) is 12.6. The number of halogens is 2. The molecule has 0 aliphatic carbocycles. The highest BCUT2D eigenvalue weighted by Crippen LogP contribution is 2.24. The summed E-state index contributed by atoms with van der Waals surface area (Å²) in [5.41, 5.74) is 0. The third-order valence-electron chi connectivity index (χ3n) is 3.09. The van der Waals surface area contributed by atoms with Gasteiger partial charge in [0.2, 0.25) is 0 Å². The maximum atomic E-state index is 13.5. The number of nitrogens with one attached hydrogen (secondary N) is 1. The predicted molar refractivity (Wildman–Crippen MR) is 65.8 cm³/mol. The number of aromatic nitrogens is 1. The molecule has 1 aliphatic rings. The third kappa shape index (κ3) is 3.07. The molecular weight excluding hydrogens is 243 g/mol. The van der Waals surface area contributed by atoms with Crippen molar-refractivity contribution in [1.29, 1.82) is 0 Å². The van der Waals surface area contributed by atoms with Gasteiger partial charge < -0.3 is 10.1 Å². The lowest BCUT2D eigenvalue weighted by molar-refractivity contribution is 0.0900. The lowest BCUT2D eigenvalue weighted by atomic mass is 10.00. The molecule has 17 heavy (non-hydrogen) atoms. The van der Waals surface area contributed by atoms with E-state index >= 15 is 0 Å². The van der Waals surface area contributed by atoms with Crippen LogP contribution in [0.4, 0.5) is 10.2 Å². The Morgan fingerprint density at radius 3 is 3.18 bits per heavy atom. The van der Waals surface area contributed by atoms with E-state index in [0.717, 1.165) is 19.4 Å². The van der Waals surface area contributed by atoms with Crippen molar-refractivity contribution >= 4 is 17.4 Å². The second-order valence-corrected chi connectivity index (χ2v) is 4.67. The van der Waals surface area contributed by atoms with Gasteiger partial charge in [0.1, 0.15) is 0 Å². The molecule has 0 saturated carbocycles. The van der Waals surface area contributed by atoms with E-state index < -0.39 is 5.82 Å². The summed E-state index contributed by atoms with van der Waals surface area (Å²) < 4.78 is 19.0. The number of anilines is 1. The molecule has 1 aromatic rings. The lowest BCUT2D eigenvalue weighted by Crippen LogP contribution is -2.23. The Kier molecular flexibility index (Phi) is 4.18. The molecule has 2 atom stereocenters. The van der Waals surface area contributed by atoms with Gasteiger partial charge in [-0.1, -0.05) is 18.5 Å². The summed E-state index contributed by atoms with van der Waals surface area (Å²) in [5, 5.41) is 3.33. The fourth-order valence-corrected chi connectivity index (χ4v) is 2.29. The molecule has 1 aliphatic heterocycles. The van der Waals surface area contributed by atoms with Gasteiger partial charge in [-0.15, -0.1) is 0 Å². The zero-order chi connectivity index (χ0) is 12.3. The molecule has 5 heteroatoms. The first-order chi connectivity index (χ1) is 8.20. The van der Waals surface area contributed by atoms with Gasteiger partial charge in [0.15, 0.2) is 11.6 Å². The maximum Gasteiger partial charge on any atom is 0.166 e. The van der Waals surface area contributed by atoms with Crippen LogP contribution in [0.15, 0.2) is 12.3 Å². The third-order valence-corrected chi connectivity index (χ3v) is 3.29. The summed E-state index contributed by atoms with van der Waals surface area (Å²) in [4.78, 5) is 3.93. The molecule has 3 nitrogen and oxygen atoms in total. The zero-order valence-corrected chi connectivity index (χ0v) is 10.5. The Morgan fingerprint density at radius 1 is 1.65 bits per heavy atom. The Balaban J connectivity index is 1.93. The van der Waals surface area contributed by atoms with Crippen LogP contribution in [0, 0.1) is 11.7 Å². The molecule has 1 fully saturated rings. The quantitative estimate of drug-likeness (QED) is 0.901. The molecular formula is C12H16ClFN2O. The van der Waals surface area contributed by atoms with Crippen molar-refractivity contribution in [2.24, 2.45) is 5.92 Å². The van der Waals surface area contributed by atoms with Crippen LogP contribution in [-0.4, -0.2) is 24.2 Å². The Hall–Kier alpha value is -0.870. The monoisotopic (exact) mass is 258 g/mol. The van der Waals surface area contributed by atoms with Crippen molar-refractivity contribution in [3.63, 3.8) is 0 Å². The second kappa shape index (κ2) is 5.65. The molecule has 0 radical (unpaired) electrons. The van der Waals surface area contributed by atoms with Crippen molar-refractivity contribution < 1.29 is 9.13 Å². The van der Waals surface area contributed by atoms with Gasteiger partial charge >= 0.3 is 0 Å². The largest absolute Gasteiger partial charge is 0.378 e. The van der Waals surface area contributed by atoms with Gasteiger partial charge in [-0.25, -0.2) is 9.37 Å². The number of pyridine rings is 1. The number of rotatable bonds is 4. The SMILES string of the molecule is CCC1OCCC1CNc1ncc(Cl)cc1F. The molecule has 0 spiro atoms. The summed E-state index contributed by atoms with van der Waals surface area (Å²) in [6, 6.07) is 1.26. The normalized spacial score (nSPS) is 23.9. The van der Waals surface area contributed by atoms with Crippen molar-refractivity contribution in [1.82, 2.24) is 4.98 Å². The lowest BCUT2D eigenvalue weighted by Gasteiger charge is -2.17. The highest BCUT2D eigenvalue weighted by Gasteiger charge is 2.26. The Morgan fingerprint density at radius 2 is 2.47 bits per heavy atom. The van der Waals surface area contributed by atoms with E-state index in [1.165, 1.54) is 12.3 Å². The summed E-state index contributed by atoms with van der Waals surface area (Å²) >= 11 is 5.64. The Labute approximate surface area is 105 Å². The molecule has 94 valence electrons. The van der Waals surface area contributed by atoms with E-state index in [-0.39, 0.29) is 11.9 Å². The topological polar surface area (TPSA) is 34.1 Å². The highest BCUT2D eigenvalue weighted by atomic mass is 35.5. The molecule has 1 aromatic heterocycles. The van der Waals surface area contributed by atoms with E-state index in [0.29, 0.717) is 17.5 Å². The number of hydrogen-bond donors (Lipinski definition) is 1. The Bertz CT molecular complexity index is 389. The average molecular weight is 259 g/mol. The summed E-state index contributed by atoms with van der Waals surface area (Å²) in [6.45, 7) is 3.58. The molecule has 1 N–H and O–H groups in total. The van der Waals surface area contributed by atoms with Gasteiger partial charge in [0, 0.05) is 25.3 Å². The number of nitrogens with zero attached hydrogens (tertiary/aromatic N) is 1. The standard InChI is InChI=1S/C12H16ClFN2O/c1-2-11-8(3-4-17-11)6-15-12-10(14)5-9(13)7-16-12/h5,7-8,11H,2-4,6H2,1H3,(H,15,16). The van der Waals surface area contributed by atoms with Crippen LogP contribution in [0.25, 0.3) is 0 Å². The zero-order valence-electron chi connectivity index (χ0n) is 9.75. The predicted octanol–water partition coefficient (Wildman–Crippen LogP) is 3.10. The summed E-state index contributed by atoms with van der Waals surface area (Å²) in [5.74, 6) is 0.275. The molecule has 2 heterocycles. The van der Waals surface area contributed by atoms with E-state index in [9.17, 15) is 4.39 Å². The van der Waals surface area contributed by atoms with Crippen molar-refractivity contribution in [2.45, 2.75) is 25.9 Å². The minimum Gasteiger partial charge on any atom is -0.378 e. The fourth-order valence-electron chi connectivity index (χ4n) is 2.15. The average Bonchev–Trinajstić information content (AvgIpc) is 2.75. The van der Waals surface area contributed by atoms with Gasteiger partial charge in [0.25, 0.3) is 0 Å². The smallest absolute Gasteiger partial charge is 0.166 e. The number of ether oxygens (including phenoxy) is 1. The van der Waals surface area contributed by atoms with Crippen molar-refractivity contribution in [2.75, 3.05) is 18.5 Å². The second-order valence-electron chi connectivity index (χ2n) is 4.23. The van der Waals surface area contributed by atoms with Gasteiger partial charge in [-0.3, -0.25) is 0 Å². The van der Waals surface area contributed by atoms with Gasteiger partial charge in [0.05, 0.1) is 11.1 Å². The molecule has 0 aromatic carbocycles. The van der Waals surface area contributed by atoms with E-state index in [4.69, 9.17) is 16.3 Å². The van der Waals surface area contributed by atoms with Crippen LogP contribution in [0.3, 0.4) is 0 Å². The van der Waals surface area contributed by atoms with Crippen LogP contribution >= 0.6 is 11.6 Å². The first-order valence-electron chi connectivity index (χ1n) is 5.87. The van der Waals surface area contributed by atoms with Crippen LogP contribution in [0.1, 0.15) is 19.8 Å². The maximum absolute atomic E-state index is 13.5. The van der Waals surface area contributed by atoms with Crippen LogP contribution < -0.4 is 5.32 Å². The van der Waals surface area contributed by atoms with Crippen molar-refractivity contribution in [3.8, 4) is 0 Å². The molecule has 2 rings (SSSR count). The van der Waals surface area contributed by atoms with Gasteiger partial charge in [-0.2, -0.15) is 0 Å². The van der Waals surface area contributed by atoms with E-state index in [1.807, 2.05) is 0 Å². The molecule has 2 unspecified atom stereocenters. The first-order valence-corrected chi connectivity index (χ1v) is 6.25. The van der Waals surface area contributed by atoms with E-state index in [2.05, 4.69) is 17.2 Å². The molecule has 0 amide bonds. The van der Waals surface area contributed by atoms with Crippen LogP contribution in [0.5, 0.6) is 0 Å². The van der Waals surface area contributed by atoms with Crippen molar-refractivity contribution in [3.05, 3.63) is 23.1 Å². The van der Waals surface area contributed by atoms with Gasteiger partial charge in [-0.05, 0) is 18.9 Å². The van der Waals surface area contributed by atoms with Crippen LogP contribution in [-0.2, 0) is 4.74 Å². The molecule has 0 bridgehead atoms.